The quantitative estimate of drug-likeness (QED) is 0.346. The second-order valence-corrected chi connectivity index (χ2v) is 3.78. The molecular weight excluding hydrogens is 184 g/mol. The van der Waals surface area contributed by atoms with Gasteiger partial charge in [0, 0.05) is 11.5 Å². The van der Waals surface area contributed by atoms with E-state index >= 15 is 0 Å². The first-order valence-corrected chi connectivity index (χ1v) is 5.78. The Labute approximate surface area is 83.5 Å². The van der Waals surface area contributed by atoms with Crippen molar-refractivity contribution in [3.05, 3.63) is 48.3 Å². The summed E-state index contributed by atoms with van der Waals surface area (Å²) in [6, 6.07) is 0. The van der Waals surface area contributed by atoms with Crippen molar-refractivity contribution >= 4 is 23.5 Å². The molecule has 0 spiro atoms. The van der Waals surface area contributed by atoms with Crippen LogP contribution in [0.25, 0.3) is 0 Å². The third kappa shape index (κ3) is 9.66. The van der Waals surface area contributed by atoms with Gasteiger partial charge in [0.15, 0.2) is 0 Å². The molecule has 0 aliphatic heterocycles. The van der Waals surface area contributed by atoms with Gasteiger partial charge in [0.25, 0.3) is 0 Å². The Morgan fingerprint density at radius 3 is 1.58 bits per heavy atom. The molecule has 0 aromatic carbocycles. The highest BCUT2D eigenvalue weighted by atomic mass is 32.2. The summed E-state index contributed by atoms with van der Waals surface area (Å²) in [6.45, 7) is 7.26. The topological polar surface area (TPSA) is 0 Å². The van der Waals surface area contributed by atoms with Gasteiger partial charge < -0.3 is 0 Å². The van der Waals surface area contributed by atoms with Gasteiger partial charge in [-0.2, -0.15) is 0 Å². The largest absolute Gasteiger partial charge is 0.130 e. The third-order valence-corrected chi connectivity index (χ3v) is 2.44. The summed E-state index contributed by atoms with van der Waals surface area (Å²) in [5.74, 6) is 1.95. The van der Waals surface area contributed by atoms with Crippen LogP contribution in [0.2, 0.25) is 0 Å². The first-order chi connectivity index (χ1) is 5.91. The summed E-state index contributed by atoms with van der Waals surface area (Å²) in [5.41, 5.74) is 0. The van der Waals surface area contributed by atoms with Crippen LogP contribution in [0.1, 0.15) is 0 Å². The zero-order chi connectivity index (χ0) is 9.07. The van der Waals surface area contributed by atoms with Gasteiger partial charge in [0.05, 0.1) is 0 Å². The molecule has 0 atom stereocenters. The molecule has 0 radical (unpaired) electrons. The molecule has 0 bridgehead atoms. The molecule has 0 rings (SSSR count). The minimum atomic E-state index is 0.976. The van der Waals surface area contributed by atoms with Gasteiger partial charge in [0.1, 0.15) is 0 Å². The van der Waals surface area contributed by atoms with Crippen LogP contribution in [-0.4, -0.2) is 11.5 Å². The number of thioether (sulfide) groups is 2. The predicted molar refractivity (Wildman–Crippen MR) is 63.6 cm³/mol. The van der Waals surface area contributed by atoms with Gasteiger partial charge in [-0.05, 0) is 10.8 Å². The van der Waals surface area contributed by atoms with Crippen molar-refractivity contribution in [3.63, 3.8) is 0 Å². The molecule has 0 aliphatic carbocycles. The zero-order valence-electron chi connectivity index (χ0n) is 7.11. The standard InChI is InChI=1S/C10H14S2/c1-3-7-11-9-5-6-10-12-8-4-2/h3-6,9-10H,1-2,7-8H2. The average Bonchev–Trinajstić information content (AvgIpc) is 2.10. The van der Waals surface area contributed by atoms with E-state index in [-0.39, 0.29) is 0 Å². The van der Waals surface area contributed by atoms with Crippen LogP contribution in [0.5, 0.6) is 0 Å². The molecular formula is C10H14S2. The van der Waals surface area contributed by atoms with E-state index in [1.54, 1.807) is 23.5 Å². The Morgan fingerprint density at radius 2 is 1.25 bits per heavy atom. The molecule has 0 aromatic heterocycles. The molecule has 0 nitrogen and oxygen atoms in total. The van der Waals surface area contributed by atoms with E-state index < -0.39 is 0 Å². The molecule has 0 unspecified atom stereocenters. The Bertz CT molecular complexity index is 149. The van der Waals surface area contributed by atoms with E-state index in [9.17, 15) is 0 Å². The molecule has 0 heterocycles. The van der Waals surface area contributed by atoms with Crippen molar-refractivity contribution in [1.29, 1.82) is 0 Å². The van der Waals surface area contributed by atoms with Crippen LogP contribution in [0, 0.1) is 0 Å². The molecule has 0 aliphatic rings. The van der Waals surface area contributed by atoms with Crippen LogP contribution >= 0.6 is 23.5 Å². The predicted octanol–water partition coefficient (Wildman–Crippen LogP) is 3.85. The molecule has 0 saturated heterocycles. The van der Waals surface area contributed by atoms with Gasteiger partial charge >= 0.3 is 0 Å². The normalized spacial score (nSPS) is 11.0. The van der Waals surface area contributed by atoms with Gasteiger partial charge in [-0.15, -0.1) is 36.7 Å². The minimum Gasteiger partial charge on any atom is -0.130 e. The lowest BCUT2D eigenvalue weighted by atomic mass is 10.6. The number of allylic oxidation sites excluding steroid dienone is 2. The van der Waals surface area contributed by atoms with Crippen molar-refractivity contribution in [2.45, 2.75) is 0 Å². The SMILES string of the molecule is C=CCSC=CC=CSCC=C. The number of rotatable bonds is 7. The average molecular weight is 198 g/mol. The van der Waals surface area contributed by atoms with E-state index in [4.69, 9.17) is 0 Å². The van der Waals surface area contributed by atoms with Crippen molar-refractivity contribution in [3.8, 4) is 0 Å². The molecule has 0 N–H and O–H groups in total. The lowest BCUT2D eigenvalue weighted by Crippen LogP contribution is -1.61. The monoisotopic (exact) mass is 198 g/mol. The van der Waals surface area contributed by atoms with Crippen LogP contribution in [0.3, 0.4) is 0 Å². The Hall–Kier alpha value is -0.340. The highest BCUT2D eigenvalue weighted by Crippen LogP contribution is 2.04. The first kappa shape index (κ1) is 11.7. The smallest absolute Gasteiger partial charge is 0.0152 e. The van der Waals surface area contributed by atoms with Gasteiger partial charge in [-0.3, -0.25) is 0 Å². The zero-order valence-corrected chi connectivity index (χ0v) is 8.74. The van der Waals surface area contributed by atoms with E-state index in [0.29, 0.717) is 0 Å². The molecule has 2 heteroatoms. The summed E-state index contributed by atoms with van der Waals surface area (Å²) in [5, 5.41) is 4.12. The fraction of sp³-hybridized carbons (Fsp3) is 0.200. The second-order valence-electron chi connectivity index (χ2n) is 1.90. The summed E-state index contributed by atoms with van der Waals surface area (Å²) < 4.78 is 0. The highest BCUT2D eigenvalue weighted by molar-refractivity contribution is 8.02. The maximum atomic E-state index is 3.63. The summed E-state index contributed by atoms with van der Waals surface area (Å²) in [6.07, 6.45) is 7.85. The molecule has 66 valence electrons. The van der Waals surface area contributed by atoms with Crippen LogP contribution in [0.15, 0.2) is 48.3 Å². The van der Waals surface area contributed by atoms with E-state index in [1.165, 1.54) is 0 Å². The van der Waals surface area contributed by atoms with Crippen LogP contribution < -0.4 is 0 Å². The van der Waals surface area contributed by atoms with Gasteiger partial charge in [0.2, 0.25) is 0 Å². The maximum absolute atomic E-state index is 3.63. The summed E-state index contributed by atoms with van der Waals surface area (Å²) in [4.78, 5) is 0. The van der Waals surface area contributed by atoms with Crippen LogP contribution in [-0.2, 0) is 0 Å². The Kier molecular flexibility index (Phi) is 10.4. The van der Waals surface area contributed by atoms with Gasteiger partial charge in [-0.1, -0.05) is 24.3 Å². The first-order valence-electron chi connectivity index (χ1n) is 3.68. The summed E-state index contributed by atoms with van der Waals surface area (Å²) >= 11 is 3.48. The lowest BCUT2D eigenvalue weighted by molar-refractivity contribution is 1.82. The second kappa shape index (κ2) is 10.7. The molecule has 0 fully saturated rings. The fourth-order valence-corrected chi connectivity index (χ4v) is 1.35. The molecule has 0 amide bonds. The number of hydrogen-bond donors (Lipinski definition) is 0. The molecule has 0 saturated carbocycles. The van der Waals surface area contributed by atoms with Gasteiger partial charge in [-0.25, -0.2) is 0 Å². The maximum Gasteiger partial charge on any atom is 0.0152 e. The fourth-order valence-electron chi connectivity index (χ4n) is 0.449. The van der Waals surface area contributed by atoms with Crippen molar-refractivity contribution in [2.75, 3.05) is 11.5 Å². The molecule has 0 aromatic rings. The number of hydrogen-bond acceptors (Lipinski definition) is 2. The highest BCUT2D eigenvalue weighted by Gasteiger charge is 1.73. The van der Waals surface area contributed by atoms with E-state index in [2.05, 4.69) is 24.0 Å². The van der Waals surface area contributed by atoms with Crippen LogP contribution in [0.4, 0.5) is 0 Å². The Morgan fingerprint density at radius 1 is 0.833 bits per heavy atom. The minimum absolute atomic E-state index is 0.976. The summed E-state index contributed by atoms with van der Waals surface area (Å²) in [7, 11) is 0. The molecule has 12 heavy (non-hydrogen) atoms. The van der Waals surface area contributed by atoms with Crippen molar-refractivity contribution in [1.82, 2.24) is 0 Å². The third-order valence-electron chi connectivity index (χ3n) is 0.889. The van der Waals surface area contributed by atoms with Crippen molar-refractivity contribution < 1.29 is 0 Å². The Balaban J connectivity index is 3.26. The van der Waals surface area contributed by atoms with E-state index in [1.807, 2.05) is 24.3 Å². The van der Waals surface area contributed by atoms with E-state index in [0.717, 1.165) is 11.5 Å². The lowest BCUT2D eigenvalue weighted by Gasteiger charge is -1.84. The van der Waals surface area contributed by atoms with Crippen molar-refractivity contribution in [2.24, 2.45) is 0 Å².